The van der Waals surface area contributed by atoms with Gasteiger partial charge in [0.05, 0.1) is 0 Å². The van der Waals surface area contributed by atoms with Crippen LogP contribution in [-0.2, 0) is 9.93 Å². The molecule has 0 N–H and O–H groups in total. The smallest absolute Gasteiger partial charge is 0.00481 e. The molecule has 0 aromatic heterocycles. The highest BCUT2D eigenvalue weighted by atomic mass is 32.2. The highest BCUT2D eigenvalue weighted by Gasteiger charge is 2.01. The van der Waals surface area contributed by atoms with Crippen LogP contribution in [0.15, 0.2) is 23.8 Å². The number of thiol groups is 1. The van der Waals surface area contributed by atoms with Gasteiger partial charge in [0.2, 0.25) is 0 Å². The Bertz CT molecular complexity index is 258. The lowest BCUT2D eigenvalue weighted by Gasteiger charge is -2.11. The van der Waals surface area contributed by atoms with Crippen LogP contribution in [0, 0.1) is 0 Å². The molecular weight excluding hydrogens is 204 g/mol. The number of allylic oxidation sites excluding steroid dienone is 4. The van der Waals surface area contributed by atoms with Crippen molar-refractivity contribution in [3.63, 3.8) is 0 Å². The fourth-order valence-corrected chi connectivity index (χ4v) is 2.11. The Hall–Kier alpha value is -0.370. The Balaban J connectivity index is 4.18. The van der Waals surface area contributed by atoms with Gasteiger partial charge < -0.3 is 0 Å². The predicted octanol–water partition coefficient (Wildman–Crippen LogP) is 3.35. The van der Waals surface area contributed by atoms with Crippen LogP contribution in [0.4, 0.5) is 0 Å². The van der Waals surface area contributed by atoms with Gasteiger partial charge in [-0.05, 0) is 31.8 Å². The molecule has 0 saturated heterocycles. The van der Waals surface area contributed by atoms with Gasteiger partial charge in [0, 0.05) is 5.75 Å². The lowest BCUT2D eigenvalue weighted by molar-refractivity contribution is 0.677. The molecule has 1 nitrogen and oxygen atoms in total. The molecule has 0 unspecified atom stereocenters. The Kier molecular flexibility index (Phi) is 7.67. The van der Waals surface area contributed by atoms with Crippen molar-refractivity contribution in [2.75, 3.05) is 18.3 Å². The van der Waals surface area contributed by atoms with Gasteiger partial charge in [-0.3, -0.25) is 4.21 Å². The summed E-state index contributed by atoms with van der Waals surface area (Å²) in [6, 6.07) is 0. The third kappa shape index (κ3) is 9.92. The number of hydrogen-bond acceptors (Lipinski definition) is 1. The third-order valence-electron chi connectivity index (χ3n) is 2.19. The lowest BCUT2D eigenvalue weighted by atomic mass is 10.1. The molecule has 0 heterocycles. The molecule has 0 saturated carbocycles. The highest BCUT2D eigenvalue weighted by molar-refractivity contribution is 8.01. The minimum atomic E-state index is -1.86. The molecule has 0 bridgehead atoms. The average Bonchev–Trinajstić information content (AvgIpc) is 2.13. The second-order valence-electron chi connectivity index (χ2n) is 4.43. The zero-order valence-corrected chi connectivity index (χ0v) is 11.5. The molecule has 90 valence electrons. The third-order valence-corrected chi connectivity index (χ3v) is 3.49. The first-order chi connectivity index (χ1) is 6.99. The summed E-state index contributed by atoms with van der Waals surface area (Å²) in [5.41, 5.74) is 1.34. The Labute approximate surface area is 96.1 Å². The van der Waals surface area contributed by atoms with E-state index in [1.165, 1.54) is 12.0 Å². The van der Waals surface area contributed by atoms with Gasteiger partial charge in [0.15, 0.2) is 0 Å². The minimum Gasteiger partial charge on any atom is -0.285 e. The van der Waals surface area contributed by atoms with Gasteiger partial charge in [0.25, 0.3) is 0 Å². The topological polar surface area (TPSA) is 17.1 Å². The van der Waals surface area contributed by atoms with Crippen molar-refractivity contribution in [3.8, 4) is 0 Å². The standard InChI is InChI=1S/C13H26OS/c1-5-7-8-10-13(9-6-2)11-12-15(3,4)14/h8-10,15H,5-7,11-12H2,1-4H3/b10-8-,13-9+. The summed E-state index contributed by atoms with van der Waals surface area (Å²) in [6.45, 7) is 4.32. The van der Waals surface area contributed by atoms with E-state index in [4.69, 9.17) is 0 Å². The van der Waals surface area contributed by atoms with Gasteiger partial charge in [-0.2, -0.15) is 0 Å². The molecule has 0 aromatic carbocycles. The van der Waals surface area contributed by atoms with Crippen LogP contribution in [0.5, 0.6) is 0 Å². The summed E-state index contributed by atoms with van der Waals surface area (Å²) < 4.78 is 11.6. The Morgan fingerprint density at radius 1 is 1.27 bits per heavy atom. The molecule has 0 rings (SSSR count). The molecular formula is C13H26OS. The van der Waals surface area contributed by atoms with E-state index in [-0.39, 0.29) is 0 Å². The van der Waals surface area contributed by atoms with Gasteiger partial charge in [-0.25, -0.2) is 0 Å². The maximum Gasteiger partial charge on any atom is 0.00481 e. The largest absolute Gasteiger partial charge is 0.285 e. The summed E-state index contributed by atoms with van der Waals surface area (Å²) in [6.07, 6.45) is 14.7. The average molecular weight is 230 g/mol. The van der Waals surface area contributed by atoms with Crippen molar-refractivity contribution in [2.45, 2.75) is 39.5 Å². The van der Waals surface area contributed by atoms with Crippen molar-refractivity contribution in [2.24, 2.45) is 0 Å². The van der Waals surface area contributed by atoms with E-state index in [2.05, 4.69) is 32.1 Å². The first-order valence-electron chi connectivity index (χ1n) is 5.89. The first-order valence-corrected chi connectivity index (χ1v) is 8.67. The molecule has 0 amide bonds. The molecule has 0 aliphatic carbocycles. The highest BCUT2D eigenvalue weighted by Crippen LogP contribution is 2.09. The fraction of sp³-hybridized carbons (Fsp3) is 0.692. The zero-order valence-electron chi connectivity index (χ0n) is 10.6. The second-order valence-corrected chi connectivity index (χ2v) is 8.02. The Morgan fingerprint density at radius 3 is 2.40 bits per heavy atom. The minimum absolute atomic E-state index is 0.829. The molecule has 0 radical (unpaired) electrons. The van der Waals surface area contributed by atoms with Gasteiger partial charge in [0.1, 0.15) is 0 Å². The van der Waals surface area contributed by atoms with E-state index < -0.39 is 9.93 Å². The first kappa shape index (κ1) is 14.6. The van der Waals surface area contributed by atoms with Crippen LogP contribution < -0.4 is 0 Å². The maximum absolute atomic E-state index is 11.6. The van der Waals surface area contributed by atoms with Crippen molar-refractivity contribution in [1.82, 2.24) is 0 Å². The van der Waals surface area contributed by atoms with Crippen molar-refractivity contribution < 1.29 is 4.21 Å². The van der Waals surface area contributed by atoms with Crippen LogP contribution in [0.25, 0.3) is 0 Å². The van der Waals surface area contributed by atoms with E-state index in [1.807, 2.05) is 12.5 Å². The zero-order chi connectivity index (χ0) is 11.7. The molecule has 0 aliphatic rings. The van der Waals surface area contributed by atoms with Gasteiger partial charge in [-0.15, -0.1) is 9.93 Å². The Morgan fingerprint density at radius 2 is 1.93 bits per heavy atom. The molecule has 0 aromatic rings. The van der Waals surface area contributed by atoms with Gasteiger partial charge >= 0.3 is 0 Å². The summed E-state index contributed by atoms with van der Waals surface area (Å²) in [7, 11) is -1.86. The van der Waals surface area contributed by atoms with Crippen LogP contribution >= 0.6 is 0 Å². The SMILES string of the molecule is CC/C=C(\C=C/CCC)CC[SH](C)(C)=O. The number of rotatable bonds is 7. The summed E-state index contributed by atoms with van der Waals surface area (Å²) in [5.74, 6) is 0.829. The van der Waals surface area contributed by atoms with Crippen LogP contribution in [0.3, 0.4) is 0 Å². The molecule has 0 atom stereocenters. The number of hydrogen-bond donors (Lipinski definition) is 1. The number of unbranched alkanes of at least 4 members (excludes halogenated alkanes) is 1. The summed E-state index contributed by atoms with van der Waals surface area (Å²) in [5, 5.41) is 0. The monoisotopic (exact) mass is 230 g/mol. The van der Waals surface area contributed by atoms with Crippen molar-refractivity contribution in [1.29, 1.82) is 0 Å². The molecule has 0 fully saturated rings. The second kappa shape index (κ2) is 7.86. The van der Waals surface area contributed by atoms with E-state index in [1.54, 1.807) is 0 Å². The molecule has 0 spiro atoms. The fourth-order valence-electron chi connectivity index (χ4n) is 1.32. The maximum atomic E-state index is 11.6. The van der Waals surface area contributed by atoms with Crippen LogP contribution in [-0.4, -0.2) is 22.5 Å². The molecule has 2 heteroatoms. The van der Waals surface area contributed by atoms with E-state index in [9.17, 15) is 4.21 Å². The molecule has 15 heavy (non-hydrogen) atoms. The summed E-state index contributed by atoms with van der Waals surface area (Å²) >= 11 is 0. The van der Waals surface area contributed by atoms with E-state index >= 15 is 0 Å². The normalized spacial score (nSPS) is 14.8. The quantitative estimate of drug-likeness (QED) is 0.524. The van der Waals surface area contributed by atoms with Crippen LogP contribution in [0.2, 0.25) is 0 Å². The van der Waals surface area contributed by atoms with E-state index in [0.29, 0.717) is 0 Å². The predicted molar refractivity (Wildman–Crippen MR) is 73.3 cm³/mol. The summed E-state index contributed by atoms with van der Waals surface area (Å²) in [4.78, 5) is 0. The van der Waals surface area contributed by atoms with Crippen LogP contribution in [0.1, 0.15) is 39.5 Å². The van der Waals surface area contributed by atoms with E-state index in [0.717, 1.165) is 25.0 Å². The van der Waals surface area contributed by atoms with Gasteiger partial charge in [-0.1, -0.05) is 44.1 Å². The lowest BCUT2D eigenvalue weighted by Crippen LogP contribution is -2.11. The van der Waals surface area contributed by atoms with Crippen molar-refractivity contribution >= 4 is 9.93 Å². The van der Waals surface area contributed by atoms with Crippen molar-refractivity contribution in [3.05, 3.63) is 23.8 Å². The molecule has 0 aliphatic heterocycles.